The molecular formula is C8H19N3O. The van der Waals surface area contributed by atoms with Gasteiger partial charge in [0.05, 0.1) is 6.61 Å². The van der Waals surface area contributed by atoms with Gasteiger partial charge in [-0.15, -0.1) is 0 Å². The van der Waals surface area contributed by atoms with Crippen LogP contribution in [0.2, 0.25) is 0 Å². The lowest BCUT2D eigenvalue weighted by Crippen LogP contribution is -2.49. The number of β-amino-alcohol motifs (C(OH)–C–C–N with tert-alkyl or cyclic N) is 1. The summed E-state index contributed by atoms with van der Waals surface area (Å²) in [7, 11) is 1.97. The summed E-state index contributed by atoms with van der Waals surface area (Å²) >= 11 is 0. The molecule has 1 aliphatic rings. The van der Waals surface area contributed by atoms with Crippen LogP contribution in [0.5, 0.6) is 0 Å². The molecule has 1 heterocycles. The van der Waals surface area contributed by atoms with Gasteiger partial charge in [0.15, 0.2) is 0 Å². The molecule has 0 amide bonds. The summed E-state index contributed by atoms with van der Waals surface area (Å²) in [6, 6.07) is 0. The van der Waals surface area contributed by atoms with Crippen LogP contribution in [-0.4, -0.2) is 68.0 Å². The lowest BCUT2D eigenvalue weighted by molar-refractivity contribution is 0.109. The Morgan fingerprint density at radius 1 is 1.17 bits per heavy atom. The molecule has 2 N–H and O–H groups in total. The van der Waals surface area contributed by atoms with E-state index in [0.29, 0.717) is 0 Å². The van der Waals surface area contributed by atoms with Crippen molar-refractivity contribution in [2.45, 2.75) is 0 Å². The lowest BCUT2D eigenvalue weighted by atomic mass is 10.3. The first-order chi connectivity index (χ1) is 5.86. The molecule has 0 aromatic carbocycles. The number of piperazine rings is 1. The van der Waals surface area contributed by atoms with Gasteiger partial charge in [-0.2, -0.15) is 0 Å². The lowest BCUT2D eigenvalue weighted by Gasteiger charge is -2.33. The highest BCUT2D eigenvalue weighted by Gasteiger charge is 2.14. The molecular weight excluding hydrogens is 154 g/mol. The van der Waals surface area contributed by atoms with Crippen molar-refractivity contribution in [3.05, 3.63) is 0 Å². The van der Waals surface area contributed by atoms with Crippen molar-refractivity contribution in [2.75, 3.05) is 53.0 Å². The molecule has 12 heavy (non-hydrogen) atoms. The fourth-order valence-corrected chi connectivity index (χ4v) is 1.54. The minimum absolute atomic E-state index is 0.284. The van der Waals surface area contributed by atoms with Crippen molar-refractivity contribution in [1.82, 2.24) is 15.1 Å². The average molecular weight is 173 g/mol. The van der Waals surface area contributed by atoms with Crippen molar-refractivity contribution in [2.24, 2.45) is 0 Å². The van der Waals surface area contributed by atoms with Gasteiger partial charge in [0.1, 0.15) is 0 Å². The largest absolute Gasteiger partial charge is 0.395 e. The van der Waals surface area contributed by atoms with Gasteiger partial charge in [-0.1, -0.05) is 0 Å². The molecule has 4 nitrogen and oxygen atoms in total. The van der Waals surface area contributed by atoms with Crippen molar-refractivity contribution >= 4 is 0 Å². The molecule has 0 bridgehead atoms. The minimum atomic E-state index is 0.284. The van der Waals surface area contributed by atoms with Gasteiger partial charge in [-0.25, -0.2) is 0 Å². The predicted octanol–water partition coefficient (Wildman–Crippen LogP) is -1.23. The number of nitrogens with zero attached hydrogens (tertiary/aromatic N) is 2. The summed E-state index contributed by atoms with van der Waals surface area (Å²) in [4.78, 5) is 4.68. The fraction of sp³-hybridized carbons (Fsp3) is 1.00. The molecule has 0 aliphatic carbocycles. The quantitative estimate of drug-likeness (QED) is 0.558. The van der Waals surface area contributed by atoms with Crippen molar-refractivity contribution in [3.63, 3.8) is 0 Å². The van der Waals surface area contributed by atoms with Crippen LogP contribution in [0.3, 0.4) is 0 Å². The molecule has 0 atom stereocenters. The van der Waals surface area contributed by atoms with Gasteiger partial charge in [0.25, 0.3) is 0 Å². The van der Waals surface area contributed by atoms with E-state index in [4.69, 9.17) is 5.11 Å². The van der Waals surface area contributed by atoms with Gasteiger partial charge in [0.2, 0.25) is 0 Å². The SMILES string of the molecule is CNCN1CCN(CCO)CC1. The summed E-state index contributed by atoms with van der Waals surface area (Å²) < 4.78 is 0. The maximum atomic E-state index is 8.72. The molecule has 0 radical (unpaired) electrons. The zero-order valence-electron chi connectivity index (χ0n) is 7.79. The van der Waals surface area contributed by atoms with Crippen LogP contribution in [-0.2, 0) is 0 Å². The molecule has 1 rings (SSSR count). The predicted molar refractivity (Wildman–Crippen MR) is 49.0 cm³/mol. The normalized spacial score (nSPS) is 21.5. The molecule has 1 fully saturated rings. The first-order valence-electron chi connectivity index (χ1n) is 4.57. The number of rotatable bonds is 4. The van der Waals surface area contributed by atoms with Crippen molar-refractivity contribution < 1.29 is 5.11 Å². The van der Waals surface area contributed by atoms with Gasteiger partial charge in [-0.3, -0.25) is 9.80 Å². The van der Waals surface area contributed by atoms with Gasteiger partial charge < -0.3 is 10.4 Å². The Labute approximate surface area is 74.2 Å². The smallest absolute Gasteiger partial charge is 0.0558 e. The monoisotopic (exact) mass is 173 g/mol. The highest BCUT2D eigenvalue weighted by atomic mass is 16.3. The second-order valence-electron chi connectivity index (χ2n) is 3.19. The Bertz CT molecular complexity index is 98.9. The maximum Gasteiger partial charge on any atom is 0.0558 e. The van der Waals surface area contributed by atoms with Gasteiger partial charge >= 0.3 is 0 Å². The van der Waals surface area contributed by atoms with Crippen LogP contribution < -0.4 is 5.32 Å². The second kappa shape index (κ2) is 5.48. The van der Waals surface area contributed by atoms with E-state index in [-0.39, 0.29) is 6.61 Å². The molecule has 1 aliphatic heterocycles. The van der Waals surface area contributed by atoms with Crippen molar-refractivity contribution in [1.29, 1.82) is 0 Å². The summed E-state index contributed by atoms with van der Waals surface area (Å²) in [6.07, 6.45) is 0. The van der Waals surface area contributed by atoms with Crippen LogP contribution in [0, 0.1) is 0 Å². The molecule has 0 aromatic rings. The first-order valence-corrected chi connectivity index (χ1v) is 4.57. The molecule has 0 aromatic heterocycles. The van der Waals surface area contributed by atoms with Crippen LogP contribution in [0.4, 0.5) is 0 Å². The molecule has 1 saturated heterocycles. The zero-order valence-corrected chi connectivity index (χ0v) is 7.79. The van der Waals surface area contributed by atoms with Gasteiger partial charge in [-0.05, 0) is 7.05 Å². The zero-order chi connectivity index (χ0) is 8.81. The molecule has 0 saturated carbocycles. The van der Waals surface area contributed by atoms with E-state index < -0.39 is 0 Å². The van der Waals surface area contributed by atoms with Crippen LogP contribution in [0.25, 0.3) is 0 Å². The third kappa shape index (κ3) is 3.06. The number of aliphatic hydroxyl groups is 1. The Kier molecular flexibility index (Phi) is 4.53. The Morgan fingerprint density at radius 2 is 1.75 bits per heavy atom. The topological polar surface area (TPSA) is 38.7 Å². The van der Waals surface area contributed by atoms with E-state index in [9.17, 15) is 0 Å². The third-order valence-corrected chi connectivity index (χ3v) is 2.26. The highest BCUT2D eigenvalue weighted by Crippen LogP contribution is 1.98. The number of nitrogens with one attached hydrogen (secondary N) is 1. The fourth-order valence-electron chi connectivity index (χ4n) is 1.54. The van der Waals surface area contributed by atoms with E-state index in [2.05, 4.69) is 15.1 Å². The number of hydrogen-bond acceptors (Lipinski definition) is 4. The Hall–Kier alpha value is -0.160. The standard InChI is InChI=1S/C8H19N3O/c1-9-8-11-4-2-10(3-5-11)6-7-12/h9,12H,2-8H2,1H3. The second-order valence-corrected chi connectivity index (χ2v) is 3.19. The first kappa shape index (κ1) is 9.92. The average Bonchev–Trinajstić information content (AvgIpc) is 2.09. The molecule has 0 unspecified atom stereocenters. The number of aliphatic hydroxyl groups excluding tert-OH is 1. The molecule has 0 spiro atoms. The molecule has 72 valence electrons. The van der Waals surface area contributed by atoms with Crippen LogP contribution in [0.15, 0.2) is 0 Å². The van der Waals surface area contributed by atoms with E-state index in [0.717, 1.165) is 39.4 Å². The summed E-state index contributed by atoms with van der Waals surface area (Å²) in [5.74, 6) is 0. The van der Waals surface area contributed by atoms with E-state index >= 15 is 0 Å². The van der Waals surface area contributed by atoms with Crippen molar-refractivity contribution in [3.8, 4) is 0 Å². The van der Waals surface area contributed by atoms with Crippen LogP contribution in [0.1, 0.15) is 0 Å². The molecule has 4 heteroatoms. The summed E-state index contributed by atoms with van der Waals surface area (Å²) in [5.41, 5.74) is 0. The Balaban J connectivity index is 2.11. The van der Waals surface area contributed by atoms with E-state index in [1.54, 1.807) is 0 Å². The number of hydrogen-bond donors (Lipinski definition) is 2. The minimum Gasteiger partial charge on any atom is -0.395 e. The summed E-state index contributed by atoms with van der Waals surface area (Å²) in [5, 5.41) is 11.9. The van der Waals surface area contributed by atoms with Gasteiger partial charge in [0, 0.05) is 39.4 Å². The summed E-state index contributed by atoms with van der Waals surface area (Å²) in [6.45, 7) is 6.48. The maximum absolute atomic E-state index is 8.72. The van der Waals surface area contributed by atoms with E-state index in [1.807, 2.05) is 7.05 Å². The Morgan fingerprint density at radius 3 is 2.25 bits per heavy atom. The third-order valence-electron chi connectivity index (χ3n) is 2.26. The highest BCUT2D eigenvalue weighted by molar-refractivity contribution is 4.70. The van der Waals surface area contributed by atoms with E-state index in [1.165, 1.54) is 0 Å². The van der Waals surface area contributed by atoms with Crippen LogP contribution >= 0.6 is 0 Å².